The monoisotopic (exact) mass is 149 g/mol. The Balaban J connectivity index is 2.57. The van der Waals surface area contributed by atoms with Gasteiger partial charge in [-0.05, 0) is 25.8 Å². The van der Waals surface area contributed by atoms with Crippen LogP contribution in [0.4, 0.5) is 0 Å². The van der Waals surface area contributed by atoms with E-state index in [-0.39, 0.29) is 5.56 Å². The number of pyridine rings is 1. The van der Waals surface area contributed by atoms with Crippen LogP contribution in [0.2, 0.25) is 0 Å². The molecule has 11 heavy (non-hydrogen) atoms. The molecule has 0 radical (unpaired) electrons. The molecule has 0 aliphatic heterocycles. The van der Waals surface area contributed by atoms with Crippen molar-refractivity contribution < 1.29 is 0 Å². The Kier molecular flexibility index (Phi) is 1.34. The zero-order valence-corrected chi connectivity index (χ0v) is 6.58. The summed E-state index contributed by atoms with van der Waals surface area (Å²) in [5.74, 6) is 0. The summed E-state index contributed by atoms with van der Waals surface area (Å²) in [6, 6.07) is 5.94. The van der Waals surface area contributed by atoms with E-state index in [2.05, 4.69) is 0 Å². The molecule has 0 spiro atoms. The lowest BCUT2D eigenvalue weighted by molar-refractivity contribution is 0.682. The minimum absolute atomic E-state index is 0.146. The summed E-state index contributed by atoms with van der Waals surface area (Å²) in [5, 5.41) is 0. The van der Waals surface area contributed by atoms with Gasteiger partial charge in [-0.3, -0.25) is 4.79 Å². The molecule has 2 rings (SSSR count). The van der Waals surface area contributed by atoms with Crippen LogP contribution < -0.4 is 5.56 Å². The first kappa shape index (κ1) is 6.65. The Morgan fingerprint density at radius 2 is 2.18 bits per heavy atom. The van der Waals surface area contributed by atoms with Crippen LogP contribution in [0.5, 0.6) is 0 Å². The molecular formula is C9H11NO. The Morgan fingerprint density at radius 3 is 2.73 bits per heavy atom. The summed E-state index contributed by atoms with van der Waals surface area (Å²) in [6.45, 7) is 1.99. The molecule has 0 N–H and O–H groups in total. The maximum atomic E-state index is 11.3. The number of hydrogen-bond acceptors (Lipinski definition) is 1. The lowest BCUT2D eigenvalue weighted by Crippen LogP contribution is -2.19. The zero-order chi connectivity index (χ0) is 7.84. The lowest BCUT2D eigenvalue weighted by atomic mass is 10.3. The Bertz CT molecular complexity index is 323. The fraction of sp³-hybridized carbons (Fsp3) is 0.444. The lowest BCUT2D eigenvalue weighted by Gasteiger charge is -2.05. The molecule has 0 aromatic carbocycles. The predicted octanol–water partition coefficient (Wildman–Crippen LogP) is 1.49. The molecule has 0 unspecified atom stereocenters. The van der Waals surface area contributed by atoms with Crippen molar-refractivity contribution in [3.8, 4) is 0 Å². The van der Waals surface area contributed by atoms with Gasteiger partial charge >= 0.3 is 0 Å². The SMILES string of the molecule is Cc1cccc(=O)n1C1CC1. The molecule has 2 heteroatoms. The number of rotatable bonds is 1. The molecule has 0 bridgehead atoms. The van der Waals surface area contributed by atoms with Gasteiger partial charge in [-0.15, -0.1) is 0 Å². The molecular weight excluding hydrogens is 138 g/mol. The van der Waals surface area contributed by atoms with Crippen LogP contribution in [0.15, 0.2) is 23.0 Å². The van der Waals surface area contributed by atoms with Crippen LogP contribution in [0.25, 0.3) is 0 Å². The molecule has 1 aliphatic carbocycles. The zero-order valence-electron chi connectivity index (χ0n) is 6.58. The van der Waals surface area contributed by atoms with Crippen molar-refractivity contribution in [3.63, 3.8) is 0 Å². The first-order chi connectivity index (χ1) is 5.29. The third-order valence-electron chi connectivity index (χ3n) is 2.11. The molecule has 1 aliphatic rings. The molecule has 1 saturated carbocycles. The van der Waals surface area contributed by atoms with E-state index in [1.807, 2.05) is 23.6 Å². The molecule has 1 heterocycles. The highest BCUT2D eigenvalue weighted by Gasteiger charge is 2.24. The van der Waals surface area contributed by atoms with Gasteiger partial charge in [0.2, 0.25) is 0 Å². The summed E-state index contributed by atoms with van der Waals surface area (Å²) in [5.41, 5.74) is 1.23. The second kappa shape index (κ2) is 2.22. The third kappa shape index (κ3) is 1.09. The summed E-state index contributed by atoms with van der Waals surface area (Å²) in [7, 11) is 0. The molecule has 1 aromatic rings. The Labute approximate surface area is 65.5 Å². The maximum Gasteiger partial charge on any atom is 0.250 e. The largest absolute Gasteiger partial charge is 0.310 e. The standard InChI is InChI=1S/C9H11NO/c1-7-3-2-4-9(11)10(7)8-5-6-8/h2-4,8H,5-6H2,1H3. The van der Waals surface area contributed by atoms with Crippen molar-refractivity contribution in [1.82, 2.24) is 4.57 Å². The van der Waals surface area contributed by atoms with Gasteiger partial charge in [0.1, 0.15) is 0 Å². The van der Waals surface area contributed by atoms with Crippen LogP contribution in [0.3, 0.4) is 0 Å². The molecule has 58 valence electrons. The van der Waals surface area contributed by atoms with Gasteiger partial charge in [0.15, 0.2) is 0 Å². The molecule has 0 atom stereocenters. The average molecular weight is 149 g/mol. The highest BCUT2D eigenvalue weighted by molar-refractivity contribution is 5.07. The van der Waals surface area contributed by atoms with E-state index in [1.54, 1.807) is 6.07 Å². The first-order valence-corrected chi connectivity index (χ1v) is 3.97. The van der Waals surface area contributed by atoms with Crippen LogP contribution in [0.1, 0.15) is 24.6 Å². The molecule has 0 saturated heterocycles. The van der Waals surface area contributed by atoms with Crippen molar-refractivity contribution in [2.75, 3.05) is 0 Å². The summed E-state index contributed by atoms with van der Waals surface area (Å²) < 4.78 is 1.89. The number of nitrogens with zero attached hydrogens (tertiary/aromatic N) is 1. The minimum Gasteiger partial charge on any atom is -0.310 e. The predicted molar refractivity (Wildman–Crippen MR) is 43.7 cm³/mol. The second-order valence-corrected chi connectivity index (χ2v) is 3.11. The minimum atomic E-state index is 0.146. The quantitative estimate of drug-likeness (QED) is 0.593. The Morgan fingerprint density at radius 1 is 1.45 bits per heavy atom. The van der Waals surface area contributed by atoms with E-state index in [1.165, 1.54) is 12.8 Å². The second-order valence-electron chi connectivity index (χ2n) is 3.11. The number of aryl methyl sites for hydroxylation is 1. The van der Waals surface area contributed by atoms with Crippen molar-refractivity contribution >= 4 is 0 Å². The molecule has 1 aromatic heterocycles. The highest BCUT2D eigenvalue weighted by atomic mass is 16.1. The van der Waals surface area contributed by atoms with E-state index >= 15 is 0 Å². The summed E-state index contributed by atoms with van der Waals surface area (Å²) in [4.78, 5) is 11.3. The smallest absolute Gasteiger partial charge is 0.250 e. The normalized spacial score (nSPS) is 16.8. The summed E-state index contributed by atoms with van der Waals surface area (Å²) >= 11 is 0. The maximum absolute atomic E-state index is 11.3. The van der Waals surface area contributed by atoms with Crippen LogP contribution in [-0.2, 0) is 0 Å². The fourth-order valence-electron chi connectivity index (χ4n) is 1.40. The van der Waals surface area contributed by atoms with Gasteiger partial charge in [-0.2, -0.15) is 0 Å². The van der Waals surface area contributed by atoms with Gasteiger partial charge in [0.25, 0.3) is 5.56 Å². The van der Waals surface area contributed by atoms with E-state index in [9.17, 15) is 4.79 Å². The van der Waals surface area contributed by atoms with Gasteiger partial charge in [-0.25, -0.2) is 0 Å². The van der Waals surface area contributed by atoms with Crippen LogP contribution in [0, 0.1) is 6.92 Å². The molecule has 1 fully saturated rings. The first-order valence-electron chi connectivity index (χ1n) is 3.97. The van der Waals surface area contributed by atoms with E-state index in [4.69, 9.17) is 0 Å². The van der Waals surface area contributed by atoms with Gasteiger partial charge < -0.3 is 4.57 Å². The number of aromatic nitrogens is 1. The molecule has 0 amide bonds. The number of hydrogen-bond donors (Lipinski definition) is 0. The van der Waals surface area contributed by atoms with Crippen molar-refractivity contribution in [2.45, 2.75) is 25.8 Å². The van der Waals surface area contributed by atoms with Gasteiger partial charge in [0.05, 0.1) is 0 Å². The Hall–Kier alpha value is -1.05. The van der Waals surface area contributed by atoms with Crippen LogP contribution >= 0.6 is 0 Å². The fourth-order valence-corrected chi connectivity index (χ4v) is 1.40. The third-order valence-corrected chi connectivity index (χ3v) is 2.11. The van der Waals surface area contributed by atoms with Gasteiger partial charge in [-0.1, -0.05) is 6.07 Å². The van der Waals surface area contributed by atoms with Crippen LogP contribution in [-0.4, -0.2) is 4.57 Å². The van der Waals surface area contributed by atoms with E-state index in [0.717, 1.165) is 5.69 Å². The van der Waals surface area contributed by atoms with Gasteiger partial charge in [0, 0.05) is 17.8 Å². The van der Waals surface area contributed by atoms with Crippen molar-refractivity contribution in [2.24, 2.45) is 0 Å². The highest BCUT2D eigenvalue weighted by Crippen LogP contribution is 2.34. The van der Waals surface area contributed by atoms with Crippen molar-refractivity contribution in [1.29, 1.82) is 0 Å². The van der Waals surface area contributed by atoms with E-state index in [0.29, 0.717) is 6.04 Å². The average Bonchev–Trinajstić information content (AvgIpc) is 2.70. The molecule has 2 nitrogen and oxygen atoms in total. The van der Waals surface area contributed by atoms with Crippen molar-refractivity contribution in [3.05, 3.63) is 34.2 Å². The summed E-state index contributed by atoms with van der Waals surface area (Å²) in [6.07, 6.45) is 2.34. The van der Waals surface area contributed by atoms with E-state index < -0.39 is 0 Å². The topological polar surface area (TPSA) is 22.0 Å².